The molecule has 2 aliphatic rings. The molecule has 1 unspecified atom stereocenters. The van der Waals surface area contributed by atoms with Crippen molar-refractivity contribution in [1.29, 1.82) is 0 Å². The molecule has 1 aromatic rings. The molecule has 19 heavy (non-hydrogen) atoms. The van der Waals surface area contributed by atoms with Crippen molar-refractivity contribution in [3.8, 4) is 0 Å². The number of rotatable bonds is 1. The number of sulfonamides is 1. The summed E-state index contributed by atoms with van der Waals surface area (Å²) in [7, 11) is -3.46. The Morgan fingerprint density at radius 2 is 1.89 bits per heavy atom. The lowest BCUT2D eigenvalue weighted by Crippen LogP contribution is -2.49. The summed E-state index contributed by atoms with van der Waals surface area (Å²) in [5, 5.41) is 3.30. The topological polar surface area (TPSA) is 84.2 Å². The fourth-order valence-corrected chi connectivity index (χ4v) is 4.41. The Kier molecular flexibility index (Phi) is 3.14. The van der Waals surface area contributed by atoms with Gasteiger partial charge in [-0.15, -0.1) is 0 Å². The zero-order valence-corrected chi connectivity index (χ0v) is 11.5. The molecule has 0 saturated heterocycles. The van der Waals surface area contributed by atoms with Gasteiger partial charge >= 0.3 is 0 Å². The summed E-state index contributed by atoms with van der Waals surface area (Å²) >= 11 is 0. The van der Waals surface area contributed by atoms with Gasteiger partial charge in [0.1, 0.15) is 4.90 Å². The summed E-state index contributed by atoms with van der Waals surface area (Å²) in [5.41, 5.74) is 6.78. The van der Waals surface area contributed by atoms with Crippen LogP contribution in [0.2, 0.25) is 0 Å². The lowest BCUT2D eigenvalue weighted by atomic mass is 9.87. The largest absolute Gasteiger partial charge is 0.399 e. The molecule has 5 nitrogen and oxygen atoms in total. The van der Waals surface area contributed by atoms with Crippen molar-refractivity contribution in [3.63, 3.8) is 0 Å². The van der Waals surface area contributed by atoms with Crippen LogP contribution in [0.1, 0.15) is 32.1 Å². The van der Waals surface area contributed by atoms with E-state index in [1.807, 2.05) is 0 Å². The summed E-state index contributed by atoms with van der Waals surface area (Å²) in [4.78, 5) is 0.250. The Hall–Kier alpha value is -1.27. The first-order valence-electron chi connectivity index (χ1n) is 6.75. The van der Waals surface area contributed by atoms with Crippen molar-refractivity contribution in [2.24, 2.45) is 5.92 Å². The molecule has 104 valence electrons. The first-order chi connectivity index (χ1) is 9.06. The molecule has 0 aromatic heterocycles. The SMILES string of the molecule is Nc1ccc2c(c1)S(=O)(=O)NC(C1CCCCC1)N2. The van der Waals surface area contributed by atoms with Crippen LogP contribution in [0.3, 0.4) is 0 Å². The van der Waals surface area contributed by atoms with Gasteiger partial charge in [0.2, 0.25) is 10.0 Å². The zero-order valence-electron chi connectivity index (χ0n) is 10.7. The molecule has 1 aliphatic carbocycles. The van der Waals surface area contributed by atoms with Gasteiger partial charge < -0.3 is 11.1 Å². The van der Waals surface area contributed by atoms with Crippen LogP contribution in [0.5, 0.6) is 0 Å². The quantitative estimate of drug-likeness (QED) is 0.686. The minimum Gasteiger partial charge on any atom is -0.399 e. The van der Waals surface area contributed by atoms with Gasteiger partial charge in [0.05, 0.1) is 11.9 Å². The van der Waals surface area contributed by atoms with Crippen LogP contribution < -0.4 is 15.8 Å². The standard InChI is InChI=1S/C13H19N3O2S/c14-10-6-7-11-12(8-10)19(17,18)16-13(15-11)9-4-2-1-3-5-9/h6-9,13,15-16H,1-5,14H2. The van der Waals surface area contributed by atoms with E-state index in [1.165, 1.54) is 25.3 Å². The highest BCUT2D eigenvalue weighted by Crippen LogP contribution is 2.33. The number of benzene rings is 1. The molecule has 1 atom stereocenters. The Bertz CT molecular complexity index is 580. The zero-order chi connectivity index (χ0) is 13.5. The van der Waals surface area contributed by atoms with Crippen LogP contribution >= 0.6 is 0 Å². The lowest BCUT2D eigenvalue weighted by molar-refractivity contribution is 0.306. The van der Waals surface area contributed by atoms with E-state index < -0.39 is 10.0 Å². The maximum atomic E-state index is 12.3. The van der Waals surface area contributed by atoms with Gasteiger partial charge in [-0.05, 0) is 37.0 Å². The summed E-state index contributed by atoms with van der Waals surface area (Å²) in [6.07, 6.45) is 5.57. The van der Waals surface area contributed by atoms with Crippen molar-refractivity contribution >= 4 is 21.4 Å². The van der Waals surface area contributed by atoms with Crippen molar-refractivity contribution in [3.05, 3.63) is 18.2 Å². The van der Waals surface area contributed by atoms with Crippen LogP contribution in [-0.2, 0) is 10.0 Å². The molecule has 1 saturated carbocycles. The van der Waals surface area contributed by atoms with Crippen LogP contribution in [-0.4, -0.2) is 14.6 Å². The third kappa shape index (κ3) is 2.42. The number of fused-ring (bicyclic) bond motifs is 1. The van der Waals surface area contributed by atoms with Gasteiger partial charge in [0, 0.05) is 5.69 Å². The van der Waals surface area contributed by atoms with Gasteiger partial charge in [0.25, 0.3) is 0 Å². The van der Waals surface area contributed by atoms with E-state index in [0.29, 0.717) is 17.3 Å². The summed E-state index contributed by atoms with van der Waals surface area (Å²) in [6.45, 7) is 0. The highest BCUT2D eigenvalue weighted by atomic mass is 32.2. The Balaban J connectivity index is 1.92. The molecule has 0 bridgehead atoms. The maximum absolute atomic E-state index is 12.3. The molecule has 1 fully saturated rings. The maximum Gasteiger partial charge on any atom is 0.244 e. The lowest BCUT2D eigenvalue weighted by Gasteiger charge is -2.35. The third-order valence-corrected chi connectivity index (χ3v) is 5.49. The summed E-state index contributed by atoms with van der Waals surface area (Å²) in [5.74, 6) is 0.370. The minimum atomic E-state index is -3.46. The van der Waals surface area contributed by atoms with E-state index in [1.54, 1.807) is 12.1 Å². The van der Waals surface area contributed by atoms with E-state index in [-0.39, 0.29) is 11.1 Å². The second-order valence-corrected chi connectivity index (χ2v) is 7.08. The van der Waals surface area contributed by atoms with Crippen LogP contribution in [0.25, 0.3) is 0 Å². The highest BCUT2D eigenvalue weighted by molar-refractivity contribution is 7.89. The van der Waals surface area contributed by atoms with Gasteiger partial charge in [0.15, 0.2) is 0 Å². The number of anilines is 2. The van der Waals surface area contributed by atoms with Gasteiger partial charge in [-0.25, -0.2) is 8.42 Å². The molecule has 0 radical (unpaired) electrons. The minimum absolute atomic E-state index is 0.193. The first kappa shape index (κ1) is 12.7. The average Bonchev–Trinajstić information content (AvgIpc) is 2.40. The Morgan fingerprint density at radius 1 is 1.16 bits per heavy atom. The predicted molar refractivity (Wildman–Crippen MR) is 75.2 cm³/mol. The fraction of sp³-hybridized carbons (Fsp3) is 0.538. The van der Waals surface area contributed by atoms with E-state index >= 15 is 0 Å². The molecule has 1 aromatic carbocycles. The normalized spacial score (nSPS) is 26.4. The Labute approximate surface area is 113 Å². The summed E-state index contributed by atoms with van der Waals surface area (Å²) in [6, 6.07) is 4.98. The first-order valence-corrected chi connectivity index (χ1v) is 8.23. The van der Waals surface area contributed by atoms with E-state index in [0.717, 1.165) is 12.8 Å². The molecule has 1 aliphatic heterocycles. The molecule has 4 N–H and O–H groups in total. The molecular weight excluding hydrogens is 262 g/mol. The second kappa shape index (κ2) is 4.68. The van der Waals surface area contributed by atoms with Crippen molar-refractivity contribution in [2.75, 3.05) is 11.1 Å². The summed E-state index contributed by atoms with van der Waals surface area (Å²) < 4.78 is 27.3. The van der Waals surface area contributed by atoms with E-state index in [9.17, 15) is 8.42 Å². The number of nitrogen functional groups attached to an aromatic ring is 1. The van der Waals surface area contributed by atoms with Gasteiger partial charge in [-0.3, -0.25) is 0 Å². The molecular formula is C13H19N3O2S. The number of nitrogens with one attached hydrogen (secondary N) is 2. The van der Waals surface area contributed by atoms with E-state index in [4.69, 9.17) is 5.73 Å². The van der Waals surface area contributed by atoms with Gasteiger partial charge in [-0.1, -0.05) is 19.3 Å². The molecule has 0 spiro atoms. The smallest absolute Gasteiger partial charge is 0.244 e. The highest BCUT2D eigenvalue weighted by Gasteiger charge is 2.34. The van der Waals surface area contributed by atoms with Crippen molar-refractivity contribution < 1.29 is 8.42 Å². The van der Waals surface area contributed by atoms with E-state index in [2.05, 4.69) is 10.0 Å². The molecule has 0 amide bonds. The van der Waals surface area contributed by atoms with Crippen molar-refractivity contribution in [1.82, 2.24) is 4.72 Å². The number of nitrogens with two attached hydrogens (primary N) is 1. The predicted octanol–water partition coefficient (Wildman–Crippen LogP) is 1.88. The molecule has 1 heterocycles. The monoisotopic (exact) mass is 281 g/mol. The average molecular weight is 281 g/mol. The number of hydrogen-bond acceptors (Lipinski definition) is 4. The van der Waals surface area contributed by atoms with Crippen LogP contribution in [0, 0.1) is 5.92 Å². The molecule has 3 rings (SSSR count). The van der Waals surface area contributed by atoms with Crippen molar-refractivity contribution in [2.45, 2.75) is 43.2 Å². The molecule has 6 heteroatoms. The third-order valence-electron chi connectivity index (χ3n) is 4.01. The van der Waals surface area contributed by atoms with Crippen LogP contribution in [0.4, 0.5) is 11.4 Å². The van der Waals surface area contributed by atoms with Crippen LogP contribution in [0.15, 0.2) is 23.1 Å². The second-order valence-electron chi connectivity index (χ2n) is 5.40. The Morgan fingerprint density at radius 3 is 2.63 bits per heavy atom. The number of hydrogen-bond donors (Lipinski definition) is 3. The van der Waals surface area contributed by atoms with Gasteiger partial charge in [-0.2, -0.15) is 4.72 Å². The fourth-order valence-electron chi connectivity index (χ4n) is 2.99.